The fourth-order valence-electron chi connectivity index (χ4n) is 5.26. The number of aldehydes is 1. The highest BCUT2D eigenvalue weighted by Gasteiger charge is 2.33. The molecule has 0 saturated carbocycles. The Bertz CT molecular complexity index is 1850. The van der Waals surface area contributed by atoms with E-state index in [0.717, 1.165) is 0 Å². The monoisotopic (exact) mass is 781 g/mol. The van der Waals surface area contributed by atoms with Gasteiger partial charge in [0, 0.05) is 73.2 Å². The first kappa shape index (κ1) is 42.0. The van der Waals surface area contributed by atoms with Crippen LogP contribution in [0.5, 0.6) is 0 Å². The zero-order valence-corrected chi connectivity index (χ0v) is 29.7. The van der Waals surface area contributed by atoms with Crippen molar-refractivity contribution >= 4 is 41.7 Å². The molecule has 0 unspecified atom stereocenters. The lowest BCUT2D eigenvalue weighted by Gasteiger charge is -2.26. The van der Waals surface area contributed by atoms with E-state index >= 15 is 0 Å². The Morgan fingerprint density at radius 1 is 0.536 bits per heavy atom. The molecule has 0 saturated heterocycles. The number of aromatic amines is 4. The first-order chi connectivity index (χ1) is 27.0. The topological polar surface area (TPSA) is 373 Å². The number of imidazole rings is 4. The zero-order valence-electron chi connectivity index (χ0n) is 29.7. The second-order valence-electron chi connectivity index (χ2n) is 12.3. The molecule has 0 aliphatic rings. The lowest BCUT2D eigenvalue weighted by molar-refractivity contribution is -0.136. The molecule has 0 radical (unpaired) electrons. The van der Waals surface area contributed by atoms with Crippen molar-refractivity contribution in [2.45, 2.75) is 61.9 Å². The number of nitrogens with two attached hydrogens (primary N) is 1. The predicted molar refractivity (Wildman–Crippen MR) is 190 cm³/mol. The van der Waals surface area contributed by atoms with E-state index in [9.17, 15) is 43.8 Å². The number of carbonyl (C=O) groups excluding carboxylic acids is 7. The van der Waals surface area contributed by atoms with Gasteiger partial charge >= 0.3 is 0 Å². The van der Waals surface area contributed by atoms with Crippen LogP contribution >= 0.6 is 0 Å². The number of aliphatic hydroxyl groups is 2. The van der Waals surface area contributed by atoms with Gasteiger partial charge in [0.25, 0.3) is 0 Å². The summed E-state index contributed by atoms with van der Waals surface area (Å²) in [5.74, 6) is -5.27. The maximum absolute atomic E-state index is 14.0. The Balaban J connectivity index is 1.53. The van der Waals surface area contributed by atoms with Gasteiger partial charge in [-0.25, -0.2) is 19.9 Å². The van der Waals surface area contributed by atoms with Crippen LogP contribution in [0.2, 0.25) is 0 Å². The summed E-state index contributed by atoms with van der Waals surface area (Å²) in [4.78, 5) is 118. The molecule has 4 rings (SSSR count). The Morgan fingerprint density at radius 3 is 1.18 bits per heavy atom. The summed E-state index contributed by atoms with van der Waals surface area (Å²) in [7, 11) is 0. The van der Waals surface area contributed by atoms with E-state index in [1.54, 1.807) is 0 Å². The third kappa shape index (κ3) is 12.7. The maximum atomic E-state index is 14.0. The van der Waals surface area contributed by atoms with Crippen molar-refractivity contribution in [1.82, 2.24) is 71.8 Å². The third-order valence-corrected chi connectivity index (χ3v) is 8.16. The number of nitrogens with zero attached hydrogens (tertiary/aromatic N) is 4. The van der Waals surface area contributed by atoms with Crippen LogP contribution < -0.4 is 37.6 Å². The molecule has 0 aliphatic heterocycles. The smallest absolute Gasteiger partial charge is 0.245 e. The van der Waals surface area contributed by atoms with E-state index in [2.05, 4.69) is 71.8 Å². The summed E-state index contributed by atoms with van der Waals surface area (Å²) < 4.78 is 0. The molecule has 14 N–H and O–H groups in total. The van der Waals surface area contributed by atoms with Gasteiger partial charge in [0.1, 0.15) is 36.5 Å². The van der Waals surface area contributed by atoms with Gasteiger partial charge in [0.05, 0.1) is 51.1 Å². The standard InChI is InChI=1S/C32H43N15O9/c33-5-27(51)43-25(11-49)31(55)47-26(12-50)32(56)46-24(4-20-9-37-16-41-20)30(54)45-23(3-19-8-36-15-40-19)29(53)44-22(2-18-7-35-14-39-18)28(52)42-21(10-48)1-17-6-34-13-38-17/h6-10,13-16,21-26,49-50H,1-5,11-12,33H2,(H,34,38)(H,35,39)(H,36,40)(H,37,41)(H,42,52)(H,43,51)(H,44,53)(H,45,54)(H,46,56)(H,47,55)/t21-,22-,23-,24-,25-,26-/m0/s1. The number of aromatic nitrogens is 8. The van der Waals surface area contributed by atoms with Gasteiger partial charge in [-0.15, -0.1) is 0 Å². The second-order valence-corrected chi connectivity index (χ2v) is 12.3. The minimum Gasteiger partial charge on any atom is -0.394 e. The van der Waals surface area contributed by atoms with E-state index in [1.807, 2.05) is 0 Å². The molecule has 300 valence electrons. The van der Waals surface area contributed by atoms with Gasteiger partial charge in [0.15, 0.2) is 0 Å². The Kier molecular flexibility index (Phi) is 15.9. The molecule has 24 heteroatoms. The molecule has 4 heterocycles. The lowest BCUT2D eigenvalue weighted by Crippen LogP contribution is -2.61. The predicted octanol–water partition coefficient (Wildman–Crippen LogP) is -6.10. The fourth-order valence-corrected chi connectivity index (χ4v) is 5.26. The fraction of sp³-hybridized carbons (Fsp3) is 0.406. The molecule has 6 atom stereocenters. The average Bonchev–Trinajstić information content (AvgIpc) is 4.04. The van der Waals surface area contributed by atoms with Crippen molar-refractivity contribution in [3.05, 3.63) is 72.9 Å². The number of hydrogen-bond acceptors (Lipinski definition) is 14. The first-order valence-corrected chi connectivity index (χ1v) is 17.1. The number of carbonyl (C=O) groups is 7. The summed E-state index contributed by atoms with van der Waals surface area (Å²) in [5, 5.41) is 34.2. The van der Waals surface area contributed by atoms with Crippen LogP contribution in [-0.4, -0.2) is 148 Å². The molecule has 56 heavy (non-hydrogen) atoms. The number of amides is 6. The van der Waals surface area contributed by atoms with Gasteiger partial charge in [-0.05, 0) is 0 Å². The van der Waals surface area contributed by atoms with Crippen molar-refractivity contribution in [1.29, 1.82) is 0 Å². The van der Waals surface area contributed by atoms with Gasteiger partial charge in [0.2, 0.25) is 35.4 Å². The van der Waals surface area contributed by atoms with Crippen molar-refractivity contribution < 1.29 is 43.8 Å². The number of hydrogen-bond donors (Lipinski definition) is 13. The number of H-pyrrole nitrogens is 4. The highest BCUT2D eigenvalue weighted by atomic mass is 16.3. The van der Waals surface area contributed by atoms with Crippen LogP contribution in [0.3, 0.4) is 0 Å². The molecule has 4 aromatic rings. The molecule has 0 aromatic carbocycles. The van der Waals surface area contributed by atoms with Crippen molar-refractivity contribution in [2.75, 3.05) is 19.8 Å². The molecule has 0 fully saturated rings. The van der Waals surface area contributed by atoms with Crippen LogP contribution in [0.15, 0.2) is 50.1 Å². The van der Waals surface area contributed by atoms with Crippen LogP contribution in [0.4, 0.5) is 0 Å². The second kappa shape index (κ2) is 21.2. The molecular formula is C32H43N15O9. The van der Waals surface area contributed by atoms with E-state index in [1.165, 1.54) is 50.1 Å². The average molecular weight is 782 g/mol. The van der Waals surface area contributed by atoms with Crippen LogP contribution in [0.1, 0.15) is 22.8 Å². The quantitative estimate of drug-likeness (QED) is 0.0312. The van der Waals surface area contributed by atoms with Gasteiger partial charge in [-0.2, -0.15) is 0 Å². The summed E-state index contributed by atoms with van der Waals surface area (Å²) in [6, 6.07) is -8.26. The van der Waals surface area contributed by atoms with E-state index in [0.29, 0.717) is 29.1 Å². The summed E-state index contributed by atoms with van der Waals surface area (Å²) in [6.45, 7) is -2.28. The molecular weight excluding hydrogens is 738 g/mol. The minimum atomic E-state index is -1.65. The highest BCUT2D eigenvalue weighted by Crippen LogP contribution is 2.07. The van der Waals surface area contributed by atoms with Crippen molar-refractivity contribution in [2.24, 2.45) is 5.73 Å². The van der Waals surface area contributed by atoms with Crippen LogP contribution in [0, 0.1) is 0 Å². The molecule has 0 spiro atoms. The van der Waals surface area contributed by atoms with Gasteiger partial charge < -0.3 is 72.6 Å². The Hall–Kier alpha value is -6.79. The molecule has 0 aliphatic carbocycles. The Labute approximate surface area is 317 Å². The molecule has 4 aromatic heterocycles. The molecule has 6 amide bonds. The third-order valence-electron chi connectivity index (χ3n) is 8.16. The summed E-state index contributed by atoms with van der Waals surface area (Å²) in [5.41, 5.74) is 7.09. The SMILES string of the molecule is NCC(=O)N[C@@H](CO)C(=O)N[C@@H](CO)C(=O)N[C@@H](Cc1cnc[nH]1)C(=O)N[C@@H](Cc1cnc[nH]1)C(=O)N[C@@H](Cc1cnc[nH]1)C(=O)N[C@H](C=O)Cc1cnc[nH]1. The van der Waals surface area contributed by atoms with E-state index in [4.69, 9.17) is 5.73 Å². The molecule has 24 nitrogen and oxygen atoms in total. The Morgan fingerprint density at radius 2 is 0.857 bits per heavy atom. The highest BCUT2D eigenvalue weighted by molar-refractivity contribution is 5.97. The minimum absolute atomic E-state index is 0.0856. The largest absolute Gasteiger partial charge is 0.394 e. The maximum Gasteiger partial charge on any atom is 0.245 e. The van der Waals surface area contributed by atoms with Gasteiger partial charge in [-0.1, -0.05) is 0 Å². The first-order valence-electron chi connectivity index (χ1n) is 17.1. The lowest BCUT2D eigenvalue weighted by atomic mass is 10.1. The number of rotatable bonds is 23. The summed E-state index contributed by atoms with van der Waals surface area (Å²) >= 11 is 0. The summed E-state index contributed by atoms with van der Waals surface area (Å²) in [6.07, 6.45) is 11.4. The van der Waals surface area contributed by atoms with E-state index in [-0.39, 0.29) is 25.7 Å². The zero-order chi connectivity index (χ0) is 40.5. The number of nitrogens with one attached hydrogen (secondary N) is 10. The number of aliphatic hydroxyl groups excluding tert-OH is 2. The molecule has 0 bridgehead atoms. The van der Waals surface area contributed by atoms with Crippen molar-refractivity contribution in [3.8, 4) is 0 Å². The van der Waals surface area contributed by atoms with Crippen molar-refractivity contribution in [3.63, 3.8) is 0 Å². The van der Waals surface area contributed by atoms with Crippen LogP contribution in [0.25, 0.3) is 0 Å². The van der Waals surface area contributed by atoms with Crippen LogP contribution in [-0.2, 0) is 59.2 Å². The van der Waals surface area contributed by atoms with Gasteiger partial charge in [-0.3, -0.25) is 28.8 Å². The van der Waals surface area contributed by atoms with E-state index < -0.39 is 91.5 Å². The normalized spacial score (nSPS) is 14.2.